The van der Waals surface area contributed by atoms with Crippen molar-refractivity contribution in [2.24, 2.45) is 11.3 Å². The van der Waals surface area contributed by atoms with Crippen LogP contribution in [0.5, 0.6) is 0 Å². The lowest BCUT2D eigenvalue weighted by molar-refractivity contribution is -0.139. The first-order chi connectivity index (χ1) is 13.9. The molecule has 1 aliphatic heterocycles. The molecule has 3 fully saturated rings. The Kier molecular flexibility index (Phi) is 4.61. The van der Waals surface area contributed by atoms with E-state index < -0.39 is 0 Å². The second-order valence-corrected chi connectivity index (χ2v) is 10.3. The molecule has 1 N–H and O–H groups in total. The molecule has 0 saturated heterocycles. The Morgan fingerprint density at radius 1 is 1.21 bits per heavy atom. The number of nitrogens with one attached hydrogen (secondary N) is 1. The van der Waals surface area contributed by atoms with E-state index in [9.17, 15) is 9.18 Å². The summed E-state index contributed by atoms with van der Waals surface area (Å²) in [5.74, 6) is 1.81. The number of fused-ring (bicyclic) bond motifs is 1. The van der Waals surface area contributed by atoms with Crippen molar-refractivity contribution >= 4 is 29.0 Å². The van der Waals surface area contributed by atoms with Crippen molar-refractivity contribution in [1.82, 2.24) is 0 Å². The summed E-state index contributed by atoms with van der Waals surface area (Å²) < 4.78 is 13.6. The van der Waals surface area contributed by atoms with Gasteiger partial charge in [0.15, 0.2) is 0 Å². The normalized spacial score (nSPS) is 24.8. The SMILES string of the molecule is Cc1cc(N2CCSc3cc(F)ccc3C2)cc(C)c1NC(=O)CC12CC(C1)C2. The van der Waals surface area contributed by atoms with Crippen LogP contribution in [0.15, 0.2) is 35.2 Å². The molecule has 1 heterocycles. The van der Waals surface area contributed by atoms with Crippen LogP contribution in [0.1, 0.15) is 42.4 Å². The van der Waals surface area contributed by atoms with Crippen LogP contribution in [0.3, 0.4) is 0 Å². The van der Waals surface area contributed by atoms with Crippen molar-refractivity contribution < 1.29 is 9.18 Å². The number of nitrogens with zero attached hydrogens (tertiary/aromatic N) is 1. The molecular weight excluding hydrogens is 383 g/mol. The minimum atomic E-state index is -0.171. The van der Waals surface area contributed by atoms with Gasteiger partial charge >= 0.3 is 0 Å². The van der Waals surface area contributed by atoms with Gasteiger partial charge in [-0.3, -0.25) is 4.79 Å². The number of aryl methyl sites for hydroxylation is 2. The molecule has 152 valence electrons. The number of amides is 1. The summed E-state index contributed by atoms with van der Waals surface area (Å²) in [6.07, 6.45) is 4.40. The largest absolute Gasteiger partial charge is 0.366 e. The van der Waals surface area contributed by atoms with Gasteiger partial charge in [-0.15, -0.1) is 11.8 Å². The quantitative estimate of drug-likeness (QED) is 0.703. The Hall–Kier alpha value is -2.01. The van der Waals surface area contributed by atoms with E-state index in [1.165, 1.54) is 24.8 Å². The highest BCUT2D eigenvalue weighted by Crippen LogP contribution is 2.66. The maximum Gasteiger partial charge on any atom is 0.224 e. The lowest BCUT2D eigenvalue weighted by Crippen LogP contribution is -2.53. The lowest BCUT2D eigenvalue weighted by Gasteiger charge is -2.61. The summed E-state index contributed by atoms with van der Waals surface area (Å²) >= 11 is 1.72. The van der Waals surface area contributed by atoms with Crippen molar-refractivity contribution in [2.75, 3.05) is 22.5 Å². The second-order valence-electron chi connectivity index (χ2n) is 9.18. The van der Waals surface area contributed by atoms with E-state index in [2.05, 4.69) is 36.2 Å². The van der Waals surface area contributed by atoms with Gasteiger partial charge in [-0.05, 0) is 85.4 Å². The minimum Gasteiger partial charge on any atom is -0.366 e. The molecule has 29 heavy (non-hydrogen) atoms. The first-order valence-corrected chi connectivity index (χ1v) is 11.5. The molecule has 3 aliphatic carbocycles. The van der Waals surface area contributed by atoms with Gasteiger partial charge in [0, 0.05) is 41.5 Å². The highest BCUT2D eigenvalue weighted by atomic mass is 32.2. The average Bonchev–Trinajstić information content (AvgIpc) is 2.82. The topological polar surface area (TPSA) is 32.3 Å². The Balaban J connectivity index is 1.33. The average molecular weight is 411 g/mol. The smallest absolute Gasteiger partial charge is 0.224 e. The number of hydrogen-bond donors (Lipinski definition) is 1. The Morgan fingerprint density at radius 3 is 2.59 bits per heavy atom. The van der Waals surface area contributed by atoms with Crippen LogP contribution >= 0.6 is 11.8 Å². The number of benzene rings is 2. The molecule has 2 aromatic rings. The van der Waals surface area contributed by atoms with Gasteiger partial charge in [-0.2, -0.15) is 0 Å². The molecule has 3 saturated carbocycles. The molecule has 1 amide bonds. The van der Waals surface area contributed by atoms with Gasteiger partial charge in [0.2, 0.25) is 5.91 Å². The Labute approximate surface area is 176 Å². The van der Waals surface area contributed by atoms with Gasteiger partial charge in [-0.1, -0.05) is 6.07 Å². The van der Waals surface area contributed by atoms with Crippen molar-refractivity contribution in [2.45, 2.75) is 51.0 Å². The van der Waals surface area contributed by atoms with Crippen LogP contribution in [0.4, 0.5) is 15.8 Å². The molecule has 0 spiro atoms. The van der Waals surface area contributed by atoms with E-state index in [1.807, 2.05) is 6.07 Å². The van der Waals surface area contributed by atoms with Crippen LogP contribution in [0.2, 0.25) is 0 Å². The maximum absolute atomic E-state index is 13.6. The number of halogens is 1. The van der Waals surface area contributed by atoms with Gasteiger partial charge in [0.25, 0.3) is 0 Å². The third-order valence-corrected chi connectivity index (χ3v) is 7.93. The van der Waals surface area contributed by atoms with Crippen molar-refractivity contribution in [3.63, 3.8) is 0 Å². The van der Waals surface area contributed by atoms with E-state index >= 15 is 0 Å². The van der Waals surface area contributed by atoms with E-state index in [-0.39, 0.29) is 11.7 Å². The number of thioether (sulfide) groups is 1. The van der Waals surface area contributed by atoms with Gasteiger partial charge in [0.05, 0.1) is 0 Å². The molecule has 2 bridgehead atoms. The zero-order valence-electron chi connectivity index (χ0n) is 17.1. The maximum atomic E-state index is 13.6. The van der Waals surface area contributed by atoms with Crippen molar-refractivity contribution in [3.05, 3.63) is 52.8 Å². The molecule has 0 aromatic heterocycles. The zero-order valence-corrected chi connectivity index (χ0v) is 17.9. The molecule has 0 unspecified atom stereocenters. The predicted molar refractivity (Wildman–Crippen MR) is 117 cm³/mol. The fourth-order valence-corrected chi connectivity index (χ4v) is 6.33. The van der Waals surface area contributed by atoms with Gasteiger partial charge in [0.1, 0.15) is 5.82 Å². The minimum absolute atomic E-state index is 0.157. The van der Waals surface area contributed by atoms with Crippen molar-refractivity contribution in [1.29, 1.82) is 0 Å². The number of hydrogen-bond acceptors (Lipinski definition) is 3. The summed E-state index contributed by atoms with van der Waals surface area (Å²) in [6.45, 7) is 5.83. The molecule has 0 atom stereocenters. The zero-order chi connectivity index (χ0) is 20.2. The lowest BCUT2D eigenvalue weighted by atomic mass is 9.43. The third-order valence-electron chi connectivity index (χ3n) is 6.86. The Bertz CT molecular complexity index is 949. The van der Waals surface area contributed by atoms with E-state index in [0.29, 0.717) is 11.8 Å². The summed E-state index contributed by atoms with van der Waals surface area (Å²) in [5, 5.41) is 3.19. The van der Waals surface area contributed by atoms with E-state index in [4.69, 9.17) is 0 Å². The highest BCUT2D eigenvalue weighted by Gasteiger charge is 2.56. The first-order valence-electron chi connectivity index (χ1n) is 10.5. The summed E-state index contributed by atoms with van der Waals surface area (Å²) in [5.41, 5.74) is 5.81. The molecule has 4 aliphatic rings. The Morgan fingerprint density at radius 2 is 1.93 bits per heavy atom. The van der Waals surface area contributed by atoms with Crippen LogP contribution < -0.4 is 10.2 Å². The van der Waals surface area contributed by atoms with Gasteiger partial charge in [-0.25, -0.2) is 4.39 Å². The molecule has 2 aromatic carbocycles. The fraction of sp³-hybridized carbons (Fsp3) is 0.458. The third kappa shape index (κ3) is 3.54. The summed E-state index contributed by atoms with van der Waals surface area (Å²) in [7, 11) is 0. The number of carbonyl (C=O) groups is 1. The highest BCUT2D eigenvalue weighted by molar-refractivity contribution is 7.99. The van der Waals surface area contributed by atoms with Crippen LogP contribution in [0, 0.1) is 31.0 Å². The van der Waals surface area contributed by atoms with E-state index in [0.717, 1.165) is 52.2 Å². The molecule has 5 heteroatoms. The molecule has 3 nitrogen and oxygen atoms in total. The summed E-state index contributed by atoms with van der Waals surface area (Å²) in [6, 6.07) is 9.43. The predicted octanol–water partition coefficient (Wildman–Crippen LogP) is 5.68. The number of rotatable bonds is 4. The molecule has 6 rings (SSSR count). The monoisotopic (exact) mass is 410 g/mol. The molecule has 0 radical (unpaired) electrons. The number of anilines is 2. The summed E-state index contributed by atoms with van der Waals surface area (Å²) in [4.78, 5) is 16.0. The fourth-order valence-electron chi connectivity index (χ4n) is 5.28. The number of carbonyl (C=O) groups excluding carboxylic acids is 1. The van der Waals surface area contributed by atoms with Crippen molar-refractivity contribution in [3.8, 4) is 0 Å². The van der Waals surface area contributed by atoms with E-state index in [1.54, 1.807) is 23.9 Å². The van der Waals surface area contributed by atoms with Crippen LogP contribution in [-0.2, 0) is 11.3 Å². The second kappa shape index (κ2) is 7.05. The van der Waals surface area contributed by atoms with Crippen LogP contribution in [-0.4, -0.2) is 18.2 Å². The van der Waals surface area contributed by atoms with Crippen LogP contribution in [0.25, 0.3) is 0 Å². The first kappa shape index (κ1) is 19.0. The van der Waals surface area contributed by atoms with Gasteiger partial charge < -0.3 is 10.2 Å². The standard InChI is InChI=1S/C24H27FN2OS/c1-15-7-20(27-5-6-29-21-9-19(25)4-3-18(21)14-27)8-16(2)23(15)26-22(28)13-24-10-17(11-24)12-24/h3-4,7-9,17H,5-6,10-14H2,1-2H3,(H,26,28). The molecular formula is C24H27FN2OS.